The number of guanidine groups is 1. The monoisotopic (exact) mass is 514 g/mol. The summed E-state index contributed by atoms with van der Waals surface area (Å²) in [4.78, 5) is 8.91. The van der Waals surface area contributed by atoms with Gasteiger partial charge in [0.2, 0.25) is 0 Å². The van der Waals surface area contributed by atoms with Crippen LogP contribution in [0.25, 0.3) is 0 Å². The van der Waals surface area contributed by atoms with Gasteiger partial charge in [-0.3, -0.25) is 9.89 Å². The van der Waals surface area contributed by atoms with Gasteiger partial charge in [-0.2, -0.15) is 0 Å². The molecule has 0 bridgehead atoms. The van der Waals surface area contributed by atoms with Gasteiger partial charge in [0.1, 0.15) is 0 Å². The van der Waals surface area contributed by atoms with Gasteiger partial charge < -0.3 is 10.2 Å². The molecule has 1 saturated heterocycles. The molecule has 1 fully saturated rings. The quantitative estimate of drug-likeness (QED) is 0.358. The van der Waals surface area contributed by atoms with E-state index < -0.39 is 9.84 Å². The summed E-state index contributed by atoms with van der Waals surface area (Å²) in [7, 11) is -0.821. The van der Waals surface area contributed by atoms with Crippen LogP contribution in [0.1, 0.15) is 12.5 Å². The smallest absolute Gasteiger partial charge is 0.194 e. The Labute approximate surface area is 178 Å². The lowest BCUT2D eigenvalue weighted by Gasteiger charge is -2.26. The Morgan fingerprint density at radius 2 is 1.88 bits per heavy atom. The van der Waals surface area contributed by atoms with Crippen LogP contribution in [0.4, 0.5) is 0 Å². The Balaban J connectivity index is 0.00000338. The lowest BCUT2D eigenvalue weighted by Crippen LogP contribution is -2.42. The number of sulfone groups is 1. The Morgan fingerprint density at radius 1 is 1.27 bits per heavy atom. The lowest BCUT2D eigenvalue weighted by atomic mass is 10.2. The number of rotatable bonds is 6. The van der Waals surface area contributed by atoms with Crippen LogP contribution in [-0.4, -0.2) is 75.5 Å². The summed E-state index contributed by atoms with van der Waals surface area (Å²) in [6, 6.07) is 7.80. The molecule has 0 radical (unpaired) electrons. The largest absolute Gasteiger partial charge is 0.357 e. The molecule has 9 heteroatoms. The average Bonchev–Trinajstić information content (AvgIpc) is 2.57. The van der Waals surface area contributed by atoms with Gasteiger partial charge in [-0.05, 0) is 24.6 Å². The van der Waals surface area contributed by atoms with Crippen molar-refractivity contribution in [2.24, 2.45) is 4.99 Å². The van der Waals surface area contributed by atoms with Crippen LogP contribution in [-0.2, 0) is 16.4 Å². The first kappa shape index (κ1) is 23.5. The average molecular weight is 515 g/mol. The Morgan fingerprint density at radius 3 is 2.46 bits per heavy atom. The van der Waals surface area contributed by atoms with E-state index in [9.17, 15) is 8.42 Å². The third-order valence-corrected chi connectivity index (χ3v) is 6.01. The molecule has 0 atom stereocenters. The van der Waals surface area contributed by atoms with Gasteiger partial charge in [0.15, 0.2) is 15.8 Å². The third-order valence-electron chi connectivity index (χ3n) is 4.14. The highest BCUT2D eigenvalue weighted by Crippen LogP contribution is 2.11. The van der Waals surface area contributed by atoms with Crippen molar-refractivity contribution in [3.8, 4) is 0 Å². The zero-order valence-corrected chi connectivity index (χ0v) is 19.2. The summed E-state index contributed by atoms with van der Waals surface area (Å²) in [5, 5.41) is 4.03. The molecule has 0 spiro atoms. The summed E-state index contributed by atoms with van der Waals surface area (Å²) >= 11 is 5.93. The Kier molecular flexibility index (Phi) is 10.2. The van der Waals surface area contributed by atoms with Crippen molar-refractivity contribution in [3.05, 3.63) is 34.9 Å². The summed E-state index contributed by atoms with van der Waals surface area (Å²) in [5.74, 6) is 1.36. The van der Waals surface area contributed by atoms with E-state index in [0.29, 0.717) is 19.6 Å². The molecule has 1 heterocycles. The predicted octanol–water partition coefficient (Wildman–Crippen LogP) is 2.09. The Hall–Kier alpha value is -0.580. The Bertz CT molecular complexity index is 669. The van der Waals surface area contributed by atoms with Crippen molar-refractivity contribution in [1.29, 1.82) is 0 Å². The van der Waals surface area contributed by atoms with Gasteiger partial charge >= 0.3 is 0 Å². The number of hydrogen-bond acceptors (Lipinski definition) is 4. The minimum absolute atomic E-state index is 0. The maximum Gasteiger partial charge on any atom is 0.194 e. The van der Waals surface area contributed by atoms with E-state index in [4.69, 9.17) is 11.6 Å². The first-order valence-corrected chi connectivity index (χ1v) is 10.8. The molecule has 2 rings (SSSR count). The van der Waals surface area contributed by atoms with Gasteiger partial charge in [0.25, 0.3) is 0 Å². The van der Waals surface area contributed by atoms with E-state index in [1.54, 1.807) is 0 Å². The lowest BCUT2D eigenvalue weighted by molar-refractivity contribution is 0.303. The molecule has 1 aliphatic heterocycles. The summed E-state index contributed by atoms with van der Waals surface area (Å²) in [6.07, 6.45) is 0. The van der Waals surface area contributed by atoms with Crippen LogP contribution in [0.5, 0.6) is 0 Å². The van der Waals surface area contributed by atoms with E-state index >= 15 is 0 Å². The fraction of sp³-hybridized carbons (Fsp3) is 0.588. The van der Waals surface area contributed by atoms with Crippen molar-refractivity contribution < 1.29 is 8.42 Å². The molecule has 0 aromatic heterocycles. The molecule has 1 aromatic rings. The number of aliphatic imine (C=N–C) groups is 1. The van der Waals surface area contributed by atoms with Crippen molar-refractivity contribution in [3.63, 3.8) is 0 Å². The summed E-state index contributed by atoms with van der Waals surface area (Å²) in [5.41, 5.74) is 1.17. The normalized spacial score (nSPS) is 17.4. The van der Waals surface area contributed by atoms with Gasteiger partial charge in [0, 0.05) is 44.8 Å². The van der Waals surface area contributed by atoms with Crippen LogP contribution >= 0.6 is 35.6 Å². The van der Waals surface area contributed by atoms with E-state index in [0.717, 1.165) is 30.6 Å². The number of halogens is 2. The van der Waals surface area contributed by atoms with E-state index in [1.165, 1.54) is 5.56 Å². The zero-order chi connectivity index (χ0) is 18.3. The zero-order valence-electron chi connectivity index (χ0n) is 15.3. The highest BCUT2D eigenvalue weighted by atomic mass is 127. The second-order valence-electron chi connectivity index (χ2n) is 6.21. The topological polar surface area (TPSA) is 65.0 Å². The van der Waals surface area contributed by atoms with Crippen molar-refractivity contribution in [2.75, 3.05) is 51.3 Å². The number of nitrogens with zero attached hydrogens (tertiary/aromatic N) is 3. The van der Waals surface area contributed by atoms with Crippen molar-refractivity contribution >= 4 is 51.4 Å². The van der Waals surface area contributed by atoms with Crippen LogP contribution < -0.4 is 5.32 Å². The molecule has 26 heavy (non-hydrogen) atoms. The standard InChI is InChI=1S/C17H27ClN4O2S.HI/c1-3-19-17(21(2)14-15-4-6-16(18)7-5-15)20-8-9-22-10-12-25(23,24)13-11-22;/h4-7H,3,8-14H2,1-2H3,(H,19,20);1H. The SMILES string of the molecule is CCNC(=NCCN1CCS(=O)(=O)CC1)N(C)Cc1ccc(Cl)cc1.I. The summed E-state index contributed by atoms with van der Waals surface area (Å²) < 4.78 is 22.9. The maximum absolute atomic E-state index is 11.5. The fourth-order valence-electron chi connectivity index (χ4n) is 2.68. The third kappa shape index (κ3) is 7.98. The second-order valence-corrected chi connectivity index (χ2v) is 8.95. The second kappa shape index (κ2) is 11.3. The molecule has 0 saturated carbocycles. The molecule has 1 aromatic carbocycles. The van der Waals surface area contributed by atoms with Gasteiger partial charge in [-0.15, -0.1) is 24.0 Å². The number of benzene rings is 1. The predicted molar refractivity (Wildman–Crippen MR) is 119 cm³/mol. The minimum Gasteiger partial charge on any atom is -0.357 e. The molecule has 6 nitrogen and oxygen atoms in total. The number of hydrogen-bond donors (Lipinski definition) is 1. The number of nitrogens with one attached hydrogen (secondary N) is 1. The van der Waals surface area contributed by atoms with Gasteiger partial charge in [-0.25, -0.2) is 8.42 Å². The van der Waals surface area contributed by atoms with Crippen LogP contribution in [0, 0.1) is 0 Å². The molecule has 148 valence electrons. The minimum atomic E-state index is -2.82. The van der Waals surface area contributed by atoms with Crippen molar-refractivity contribution in [1.82, 2.24) is 15.1 Å². The van der Waals surface area contributed by atoms with Crippen LogP contribution in [0.2, 0.25) is 5.02 Å². The molecular formula is C17H28ClIN4O2S. The fourth-order valence-corrected chi connectivity index (χ4v) is 4.08. The van der Waals surface area contributed by atoms with Crippen LogP contribution in [0.15, 0.2) is 29.3 Å². The molecule has 0 aliphatic carbocycles. The molecule has 0 unspecified atom stereocenters. The van der Waals surface area contributed by atoms with E-state index in [1.807, 2.05) is 38.2 Å². The van der Waals surface area contributed by atoms with E-state index in [2.05, 4.69) is 20.1 Å². The maximum atomic E-state index is 11.5. The molecule has 1 aliphatic rings. The highest BCUT2D eigenvalue weighted by Gasteiger charge is 2.20. The van der Waals surface area contributed by atoms with Crippen molar-refractivity contribution in [2.45, 2.75) is 13.5 Å². The molecule has 1 N–H and O–H groups in total. The summed E-state index contributed by atoms with van der Waals surface area (Å²) in [6.45, 7) is 6.22. The van der Waals surface area contributed by atoms with Gasteiger partial charge in [0.05, 0.1) is 18.1 Å². The first-order valence-electron chi connectivity index (χ1n) is 8.56. The molecular weight excluding hydrogens is 487 g/mol. The highest BCUT2D eigenvalue weighted by molar-refractivity contribution is 14.0. The first-order chi connectivity index (χ1) is 11.9. The van der Waals surface area contributed by atoms with E-state index in [-0.39, 0.29) is 35.5 Å². The molecule has 0 amide bonds. The van der Waals surface area contributed by atoms with Gasteiger partial charge in [-0.1, -0.05) is 23.7 Å². The van der Waals surface area contributed by atoms with Crippen LogP contribution in [0.3, 0.4) is 0 Å².